The number of nitrogens with two attached hydrogens (primary N) is 1. The standard InChI is InChI=1S/C15H15F3N2/c1-10-6-7-12(15(16,17)18)8-14(10)20-9-11-4-2-3-5-13(11)19/h2-8,20H,9,19H2,1H3. The molecule has 0 aliphatic carbocycles. The Morgan fingerprint density at radius 1 is 1.10 bits per heavy atom. The van der Waals surface area contributed by atoms with Crippen LogP contribution >= 0.6 is 0 Å². The van der Waals surface area contributed by atoms with E-state index in [1.807, 2.05) is 18.2 Å². The summed E-state index contributed by atoms with van der Waals surface area (Å²) in [5.74, 6) is 0. The number of aryl methyl sites for hydroxylation is 1. The molecule has 0 radical (unpaired) electrons. The van der Waals surface area contributed by atoms with Crippen molar-refractivity contribution >= 4 is 11.4 Å². The molecule has 0 amide bonds. The topological polar surface area (TPSA) is 38.0 Å². The molecule has 5 heteroatoms. The van der Waals surface area contributed by atoms with E-state index in [2.05, 4.69) is 5.32 Å². The van der Waals surface area contributed by atoms with Crippen LogP contribution < -0.4 is 11.1 Å². The SMILES string of the molecule is Cc1ccc(C(F)(F)F)cc1NCc1ccccc1N. The number of hydrogen-bond donors (Lipinski definition) is 2. The van der Waals surface area contributed by atoms with Crippen LogP contribution in [-0.2, 0) is 12.7 Å². The highest BCUT2D eigenvalue weighted by atomic mass is 19.4. The number of hydrogen-bond acceptors (Lipinski definition) is 2. The van der Waals surface area contributed by atoms with Crippen LogP contribution in [0, 0.1) is 6.92 Å². The van der Waals surface area contributed by atoms with E-state index in [1.165, 1.54) is 6.07 Å². The maximum Gasteiger partial charge on any atom is 0.416 e. The van der Waals surface area contributed by atoms with E-state index < -0.39 is 11.7 Å². The van der Waals surface area contributed by atoms with Gasteiger partial charge in [0, 0.05) is 17.9 Å². The number of halogens is 3. The smallest absolute Gasteiger partial charge is 0.398 e. The van der Waals surface area contributed by atoms with Crippen molar-refractivity contribution in [3.63, 3.8) is 0 Å². The third-order valence-electron chi connectivity index (χ3n) is 3.09. The largest absolute Gasteiger partial charge is 0.416 e. The van der Waals surface area contributed by atoms with Gasteiger partial charge in [0.15, 0.2) is 0 Å². The molecule has 0 aromatic heterocycles. The first kappa shape index (κ1) is 14.2. The lowest BCUT2D eigenvalue weighted by molar-refractivity contribution is -0.137. The van der Waals surface area contributed by atoms with E-state index in [0.717, 1.165) is 23.3 Å². The summed E-state index contributed by atoms with van der Waals surface area (Å²) in [5, 5.41) is 3.00. The van der Waals surface area contributed by atoms with Gasteiger partial charge < -0.3 is 11.1 Å². The Labute approximate surface area is 115 Å². The van der Waals surface area contributed by atoms with E-state index in [1.54, 1.807) is 13.0 Å². The number of rotatable bonds is 3. The third kappa shape index (κ3) is 3.23. The average Bonchev–Trinajstić information content (AvgIpc) is 2.38. The van der Waals surface area contributed by atoms with Crippen LogP contribution in [0.3, 0.4) is 0 Å². The van der Waals surface area contributed by atoms with Gasteiger partial charge in [-0.15, -0.1) is 0 Å². The lowest BCUT2D eigenvalue weighted by Gasteiger charge is -2.14. The molecule has 0 aliphatic rings. The summed E-state index contributed by atoms with van der Waals surface area (Å²) >= 11 is 0. The van der Waals surface area contributed by atoms with Crippen LogP contribution in [-0.4, -0.2) is 0 Å². The Morgan fingerprint density at radius 2 is 1.80 bits per heavy atom. The zero-order valence-electron chi connectivity index (χ0n) is 11.0. The highest BCUT2D eigenvalue weighted by Gasteiger charge is 2.30. The highest BCUT2D eigenvalue weighted by Crippen LogP contribution is 2.32. The van der Waals surface area contributed by atoms with Crippen molar-refractivity contribution < 1.29 is 13.2 Å². The minimum absolute atomic E-state index is 0.384. The van der Waals surface area contributed by atoms with Crippen molar-refractivity contribution in [3.05, 3.63) is 59.2 Å². The summed E-state index contributed by atoms with van der Waals surface area (Å²) in [6.45, 7) is 2.14. The Morgan fingerprint density at radius 3 is 2.45 bits per heavy atom. The fourth-order valence-electron chi connectivity index (χ4n) is 1.87. The highest BCUT2D eigenvalue weighted by molar-refractivity contribution is 5.55. The molecule has 0 fully saturated rings. The number of anilines is 2. The van der Waals surface area contributed by atoms with Gasteiger partial charge in [0.2, 0.25) is 0 Å². The summed E-state index contributed by atoms with van der Waals surface area (Å²) in [6, 6.07) is 10.9. The monoisotopic (exact) mass is 280 g/mol. The molecule has 0 spiro atoms. The van der Waals surface area contributed by atoms with Crippen molar-refractivity contribution in [1.82, 2.24) is 0 Å². The Kier molecular flexibility index (Phi) is 3.88. The van der Waals surface area contributed by atoms with Crippen LogP contribution in [0.4, 0.5) is 24.5 Å². The fraction of sp³-hybridized carbons (Fsp3) is 0.200. The number of alkyl halides is 3. The maximum atomic E-state index is 12.7. The maximum absolute atomic E-state index is 12.7. The average molecular weight is 280 g/mol. The van der Waals surface area contributed by atoms with Crippen LogP contribution in [0.1, 0.15) is 16.7 Å². The second kappa shape index (κ2) is 5.45. The van der Waals surface area contributed by atoms with Crippen molar-refractivity contribution in [2.24, 2.45) is 0 Å². The fourth-order valence-corrected chi connectivity index (χ4v) is 1.87. The quantitative estimate of drug-likeness (QED) is 0.827. The molecule has 0 heterocycles. The van der Waals surface area contributed by atoms with Crippen LogP contribution in [0.25, 0.3) is 0 Å². The Hall–Kier alpha value is -2.17. The van der Waals surface area contributed by atoms with E-state index in [4.69, 9.17) is 5.73 Å². The molecule has 0 atom stereocenters. The van der Waals surface area contributed by atoms with Crippen molar-refractivity contribution in [1.29, 1.82) is 0 Å². The normalized spacial score (nSPS) is 11.4. The van der Waals surface area contributed by atoms with Crippen molar-refractivity contribution in [2.75, 3.05) is 11.1 Å². The first-order chi connectivity index (χ1) is 9.38. The van der Waals surface area contributed by atoms with Gasteiger partial charge in [-0.2, -0.15) is 13.2 Å². The first-order valence-corrected chi connectivity index (χ1v) is 6.13. The summed E-state index contributed by atoms with van der Waals surface area (Å²) in [6.07, 6.45) is -4.34. The number of nitrogens with one attached hydrogen (secondary N) is 1. The number of para-hydroxylation sites is 1. The molecule has 0 saturated carbocycles. The van der Waals surface area contributed by atoms with Crippen LogP contribution in [0.15, 0.2) is 42.5 Å². The molecular formula is C15H15F3N2. The summed E-state index contributed by atoms with van der Waals surface area (Å²) < 4.78 is 38.0. The summed E-state index contributed by atoms with van der Waals surface area (Å²) in [5.41, 5.74) is 7.83. The van der Waals surface area contributed by atoms with Crippen LogP contribution in [0.5, 0.6) is 0 Å². The Bertz CT molecular complexity index is 606. The van der Waals surface area contributed by atoms with E-state index >= 15 is 0 Å². The minimum atomic E-state index is -4.34. The van der Waals surface area contributed by atoms with E-state index in [0.29, 0.717) is 17.9 Å². The summed E-state index contributed by atoms with van der Waals surface area (Å²) in [4.78, 5) is 0. The van der Waals surface area contributed by atoms with Gasteiger partial charge >= 0.3 is 6.18 Å². The van der Waals surface area contributed by atoms with Gasteiger partial charge in [-0.05, 0) is 36.2 Å². The van der Waals surface area contributed by atoms with Gasteiger partial charge in [0.25, 0.3) is 0 Å². The molecule has 3 N–H and O–H groups in total. The molecule has 106 valence electrons. The molecule has 2 aromatic rings. The molecule has 0 saturated heterocycles. The lowest BCUT2D eigenvalue weighted by Crippen LogP contribution is -2.08. The first-order valence-electron chi connectivity index (χ1n) is 6.13. The molecule has 0 aliphatic heterocycles. The molecule has 20 heavy (non-hydrogen) atoms. The van der Waals surface area contributed by atoms with Gasteiger partial charge in [-0.25, -0.2) is 0 Å². The van der Waals surface area contributed by atoms with Crippen LogP contribution in [0.2, 0.25) is 0 Å². The third-order valence-corrected chi connectivity index (χ3v) is 3.09. The Balaban J connectivity index is 2.19. The second-order valence-electron chi connectivity index (χ2n) is 4.58. The summed E-state index contributed by atoms with van der Waals surface area (Å²) in [7, 11) is 0. The van der Waals surface area contributed by atoms with E-state index in [9.17, 15) is 13.2 Å². The van der Waals surface area contributed by atoms with Gasteiger partial charge in [0.1, 0.15) is 0 Å². The predicted molar refractivity (Wildman–Crippen MR) is 74.4 cm³/mol. The molecule has 2 aromatic carbocycles. The van der Waals surface area contributed by atoms with Gasteiger partial charge in [-0.3, -0.25) is 0 Å². The van der Waals surface area contributed by atoms with Crippen molar-refractivity contribution in [3.8, 4) is 0 Å². The lowest BCUT2D eigenvalue weighted by atomic mass is 10.1. The van der Waals surface area contributed by atoms with E-state index in [-0.39, 0.29) is 0 Å². The zero-order valence-corrected chi connectivity index (χ0v) is 11.0. The second-order valence-corrected chi connectivity index (χ2v) is 4.58. The van der Waals surface area contributed by atoms with Crippen molar-refractivity contribution in [2.45, 2.75) is 19.6 Å². The number of nitrogen functional groups attached to an aromatic ring is 1. The zero-order chi connectivity index (χ0) is 14.8. The molecule has 0 unspecified atom stereocenters. The minimum Gasteiger partial charge on any atom is -0.398 e. The van der Waals surface area contributed by atoms with Gasteiger partial charge in [-0.1, -0.05) is 24.3 Å². The molecule has 0 bridgehead atoms. The number of benzene rings is 2. The molecule has 2 rings (SSSR count). The molecular weight excluding hydrogens is 265 g/mol. The van der Waals surface area contributed by atoms with Gasteiger partial charge in [0.05, 0.1) is 5.56 Å². The predicted octanol–water partition coefficient (Wildman–Crippen LogP) is 4.21. The molecule has 2 nitrogen and oxygen atoms in total.